The molecule has 0 aliphatic rings. The molecule has 230 valence electrons. The number of nitrogens with one attached hydrogen (secondary N) is 1. The Morgan fingerprint density at radius 2 is 1.36 bits per heavy atom. The van der Waals surface area contributed by atoms with E-state index in [1.807, 2.05) is 88.4 Å². The molecular formula is C36H41N3O4S. The molecule has 0 radical (unpaired) electrons. The van der Waals surface area contributed by atoms with Crippen LogP contribution in [-0.4, -0.2) is 43.8 Å². The highest BCUT2D eigenvalue weighted by molar-refractivity contribution is 7.92. The molecule has 4 rings (SSSR count). The predicted molar refractivity (Wildman–Crippen MR) is 176 cm³/mol. The van der Waals surface area contributed by atoms with Crippen molar-refractivity contribution in [3.8, 4) is 0 Å². The molecule has 2 amide bonds. The summed E-state index contributed by atoms with van der Waals surface area (Å²) in [5.74, 6) is -0.759. The molecule has 2 atom stereocenters. The van der Waals surface area contributed by atoms with Crippen LogP contribution in [0.1, 0.15) is 42.5 Å². The number of nitrogens with zero attached hydrogens (tertiary/aromatic N) is 2. The molecule has 0 bridgehead atoms. The highest BCUT2D eigenvalue weighted by Crippen LogP contribution is 2.26. The van der Waals surface area contributed by atoms with Crippen LogP contribution in [0.4, 0.5) is 5.69 Å². The van der Waals surface area contributed by atoms with E-state index in [-0.39, 0.29) is 29.8 Å². The Labute approximate surface area is 261 Å². The summed E-state index contributed by atoms with van der Waals surface area (Å²) in [6, 6.07) is 31.5. The monoisotopic (exact) mass is 611 g/mol. The number of carbonyl (C=O) groups excluding carboxylic acids is 2. The smallest absolute Gasteiger partial charge is 0.264 e. The van der Waals surface area contributed by atoms with E-state index < -0.39 is 28.5 Å². The molecule has 4 aromatic carbocycles. The van der Waals surface area contributed by atoms with Crippen LogP contribution in [0, 0.1) is 13.8 Å². The fourth-order valence-electron chi connectivity index (χ4n) is 5.03. The lowest BCUT2D eigenvalue weighted by Crippen LogP contribution is -2.54. The summed E-state index contributed by atoms with van der Waals surface area (Å²) < 4.78 is 29.3. The van der Waals surface area contributed by atoms with Crippen molar-refractivity contribution in [2.24, 2.45) is 0 Å². The second kappa shape index (κ2) is 14.8. The lowest BCUT2D eigenvalue weighted by atomic mass is 10.0. The second-order valence-corrected chi connectivity index (χ2v) is 13.1. The highest BCUT2D eigenvalue weighted by atomic mass is 32.2. The molecule has 0 saturated heterocycles. The largest absolute Gasteiger partial charge is 0.352 e. The number of carbonyl (C=O) groups is 2. The van der Waals surface area contributed by atoms with Gasteiger partial charge in [-0.3, -0.25) is 13.9 Å². The van der Waals surface area contributed by atoms with Gasteiger partial charge in [0.25, 0.3) is 10.0 Å². The molecule has 0 aromatic heterocycles. The third-order valence-electron chi connectivity index (χ3n) is 7.61. The van der Waals surface area contributed by atoms with Gasteiger partial charge in [0.1, 0.15) is 12.6 Å². The van der Waals surface area contributed by atoms with E-state index in [9.17, 15) is 18.0 Å². The average molecular weight is 612 g/mol. The molecule has 7 nitrogen and oxygen atoms in total. The molecule has 0 fully saturated rings. The fraction of sp³-hybridized carbons (Fsp3) is 0.278. The Morgan fingerprint density at radius 3 is 1.98 bits per heavy atom. The van der Waals surface area contributed by atoms with Crippen LogP contribution in [0.3, 0.4) is 0 Å². The number of aryl methyl sites for hydroxylation is 2. The number of rotatable bonds is 13. The maximum atomic E-state index is 14.5. The van der Waals surface area contributed by atoms with Gasteiger partial charge in [0.15, 0.2) is 0 Å². The predicted octanol–water partition coefficient (Wildman–Crippen LogP) is 6.05. The highest BCUT2D eigenvalue weighted by Gasteiger charge is 2.35. The van der Waals surface area contributed by atoms with Gasteiger partial charge in [-0.05, 0) is 68.1 Å². The van der Waals surface area contributed by atoms with Gasteiger partial charge in [-0.1, -0.05) is 97.4 Å². The minimum Gasteiger partial charge on any atom is -0.352 e. The normalized spacial score (nSPS) is 12.6. The molecule has 0 spiro atoms. The molecule has 0 aliphatic heterocycles. The molecule has 0 heterocycles. The van der Waals surface area contributed by atoms with Crippen molar-refractivity contribution >= 4 is 27.5 Å². The van der Waals surface area contributed by atoms with Crippen molar-refractivity contribution in [2.75, 3.05) is 10.8 Å². The standard InChI is InChI=1S/C36H41N3O4S/c1-5-29(4)37-36(41)34(24-30-16-8-6-9-17-30)38(25-31-18-12-14-27(2)22-31)35(40)26-39(32-19-13-15-28(3)23-32)44(42,43)33-20-10-7-11-21-33/h6-23,29,34H,5,24-26H2,1-4H3,(H,37,41)/t29-,34-/m0/s1. The number of benzene rings is 4. The van der Waals surface area contributed by atoms with Crippen LogP contribution in [-0.2, 0) is 32.6 Å². The number of hydrogen-bond donors (Lipinski definition) is 1. The van der Waals surface area contributed by atoms with E-state index in [1.165, 1.54) is 17.0 Å². The van der Waals surface area contributed by atoms with Crippen molar-refractivity contribution in [3.63, 3.8) is 0 Å². The number of anilines is 1. The van der Waals surface area contributed by atoms with Crippen LogP contribution in [0.5, 0.6) is 0 Å². The first-order valence-electron chi connectivity index (χ1n) is 14.9. The summed E-state index contributed by atoms with van der Waals surface area (Å²) in [4.78, 5) is 30.0. The van der Waals surface area contributed by atoms with E-state index in [1.54, 1.807) is 36.4 Å². The van der Waals surface area contributed by atoms with Gasteiger partial charge in [0.05, 0.1) is 10.6 Å². The lowest BCUT2D eigenvalue weighted by molar-refractivity contribution is -0.140. The quantitative estimate of drug-likeness (QED) is 0.199. The molecule has 4 aromatic rings. The Balaban J connectivity index is 1.80. The average Bonchev–Trinajstić information content (AvgIpc) is 3.02. The van der Waals surface area contributed by atoms with Crippen LogP contribution in [0.2, 0.25) is 0 Å². The van der Waals surface area contributed by atoms with E-state index >= 15 is 0 Å². The lowest BCUT2D eigenvalue weighted by Gasteiger charge is -2.34. The van der Waals surface area contributed by atoms with Crippen molar-refractivity contribution < 1.29 is 18.0 Å². The maximum absolute atomic E-state index is 14.5. The third-order valence-corrected chi connectivity index (χ3v) is 9.40. The number of hydrogen-bond acceptors (Lipinski definition) is 4. The van der Waals surface area contributed by atoms with Crippen molar-refractivity contribution in [2.45, 2.75) is 64.1 Å². The molecule has 8 heteroatoms. The van der Waals surface area contributed by atoms with Crippen molar-refractivity contribution in [1.82, 2.24) is 10.2 Å². The van der Waals surface area contributed by atoms with Gasteiger partial charge < -0.3 is 10.2 Å². The summed E-state index contributed by atoms with van der Waals surface area (Å²) in [6.45, 7) is 7.42. The molecule has 1 N–H and O–H groups in total. The second-order valence-electron chi connectivity index (χ2n) is 11.2. The zero-order chi connectivity index (χ0) is 31.7. The third kappa shape index (κ3) is 8.35. The van der Waals surface area contributed by atoms with E-state index in [4.69, 9.17) is 0 Å². The Morgan fingerprint density at radius 1 is 0.773 bits per heavy atom. The van der Waals surface area contributed by atoms with Crippen LogP contribution >= 0.6 is 0 Å². The van der Waals surface area contributed by atoms with Gasteiger partial charge in [-0.2, -0.15) is 0 Å². The molecule has 0 unspecified atom stereocenters. The zero-order valence-electron chi connectivity index (χ0n) is 25.8. The van der Waals surface area contributed by atoms with Gasteiger partial charge in [-0.15, -0.1) is 0 Å². The Bertz CT molecular complexity index is 1660. The first-order valence-corrected chi connectivity index (χ1v) is 16.4. The summed E-state index contributed by atoms with van der Waals surface area (Å²) in [6.07, 6.45) is 1.00. The Hall–Kier alpha value is -4.43. The Kier molecular flexibility index (Phi) is 11.0. The van der Waals surface area contributed by atoms with Crippen molar-refractivity contribution in [3.05, 3.63) is 131 Å². The van der Waals surface area contributed by atoms with Crippen molar-refractivity contribution in [1.29, 1.82) is 0 Å². The van der Waals surface area contributed by atoms with Crippen LogP contribution < -0.4 is 9.62 Å². The summed E-state index contributed by atoms with van der Waals surface area (Å²) in [5.41, 5.74) is 4.00. The van der Waals surface area contributed by atoms with Gasteiger partial charge in [0, 0.05) is 19.0 Å². The van der Waals surface area contributed by atoms with Crippen LogP contribution in [0.15, 0.2) is 114 Å². The maximum Gasteiger partial charge on any atom is 0.264 e. The van der Waals surface area contributed by atoms with Crippen LogP contribution in [0.25, 0.3) is 0 Å². The molecular weight excluding hydrogens is 570 g/mol. The summed E-state index contributed by atoms with van der Waals surface area (Å²) >= 11 is 0. The first kappa shape index (κ1) is 32.5. The number of sulfonamides is 1. The first-order chi connectivity index (χ1) is 21.1. The minimum absolute atomic E-state index is 0.0786. The SMILES string of the molecule is CC[C@H](C)NC(=O)[C@H](Cc1ccccc1)N(Cc1cccc(C)c1)C(=O)CN(c1cccc(C)c1)S(=O)(=O)c1ccccc1. The van der Waals surface area contributed by atoms with Gasteiger partial charge in [0.2, 0.25) is 11.8 Å². The van der Waals surface area contributed by atoms with E-state index in [0.29, 0.717) is 5.69 Å². The topological polar surface area (TPSA) is 86.8 Å². The zero-order valence-corrected chi connectivity index (χ0v) is 26.6. The molecule has 44 heavy (non-hydrogen) atoms. The van der Waals surface area contributed by atoms with E-state index in [2.05, 4.69) is 5.32 Å². The summed E-state index contributed by atoms with van der Waals surface area (Å²) in [5, 5.41) is 3.07. The van der Waals surface area contributed by atoms with Gasteiger partial charge in [-0.25, -0.2) is 8.42 Å². The summed E-state index contributed by atoms with van der Waals surface area (Å²) in [7, 11) is -4.12. The number of amides is 2. The minimum atomic E-state index is -4.12. The van der Waals surface area contributed by atoms with E-state index in [0.717, 1.165) is 33.0 Å². The molecule has 0 aliphatic carbocycles. The fourth-order valence-corrected chi connectivity index (χ4v) is 6.46. The van der Waals surface area contributed by atoms with Gasteiger partial charge >= 0.3 is 0 Å². The molecule has 0 saturated carbocycles.